The van der Waals surface area contributed by atoms with Gasteiger partial charge in [0, 0.05) is 42.3 Å². The largest absolute Gasteiger partial charge is 0.483 e. The minimum Gasteiger partial charge on any atom is -0.483 e. The van der Waals surface area contributed by atoms with E-state index < -0.39 is 0 Å². The van der Waals surface area contributed by atoms with E-state index in [0.717, 1.165) is 36.2 Å². The summed E-state index contributed by atoms with van der Waals surface area (Å²) in [5.41, 5.74) is 6.84. The number of carbonyl (C=O) groups is 1. The van der Waals surface area contributed by atoms with Crippen molar-refractivity contribution in [1.29, 1.82) is 0 Å². The highest BCUT2D eigenvalue weighted by molar-refractivity contribution is 9.10. The molecule has 21 heavy (non-hydrogen) atoms. The van der Waals surface area contributed by atoms with Gasteiger partial charge in [0.1, 0.15) is 5.75 Å². The Hall–Kier alpha value is -1.11. The Kier molecular flexibility index (Phi) is 5.61. The second-order valence-electron chi connectivity index (χ2n) is 5.44. The number of ether oxygens (including phenoxy) is 1. The SMILES string of the molecule is CC(N)c1cc(Br)ccc1OCC(=O)N1CCN(C)CC1. The number of rotatable bonds is 4. The fourth-order valence-corrected chi connectivity index (χ4v) is 2.67. The van der Waals surface area contributed by atoms with Gasteiger partial charge in [-0.2, -0.15) is 0 Å². The average Bonchev–Trinajstić information content (AvgIpc) is 2.46. The second kappa shape index (κ2) is 7.24. The van der Waals surface area contributed by atoms with Gasteiger partial charge in [0.05, 0.1) is 0 Å². The molecule has 1 unspecified atom stereocenters. The Morgan fingerprint density at radius 1 is 1.38 bits per heavy atom. The first-order valence-corrected chi connectivity index (χ1v) is 7.91. The fourth-order valence-electron chi connectivity index (χ4n) is 2.29. The molecule has 0 aromatic heterocycles. The van der Waals surface area contributed by atoms with Crippen LogP contribution in [0, 0.1) is 0 Å². The van der Waals surface area contributed by atoms with Gasteiger partial charge in [-0.15, -0.1) is 0 Å². The van der Waals surface area contributed by atoms with Crippen LogP contribution in [0.15, 0.2) is 22.7 Å². The van der Waals surface area contributed by atoms with Crippen molar-refractivity contribution < 1.29 is 9.53 Å². The van der Waals surface area contributed by atoms with Crippen LogP contribution in [0.1, 0.15) is 18.5 Å². The van der Waals surface area contributed by atoms with Gasteiger partial charge < -0.3 is 20.3 Å². The van der Waals surface area contributed by atoms with E-state index in [9.17, 15) is 4.79 Å². The number of nitrogens with two attached hydrogens (primary N) is 1. The van der Waals surface area contributed by atoms with Crippen molar-refractivity contribution in [3.63, 3.8) is 0 Å². The van der Waals surface area contributed by atoms with Crippen LogP contribution in [0.2, 0.25) is 0 Å². The third-order valence-electron chi connectivity index (χ3n) is 3.67. The van der Waals surface area contributed by atoms with Crippen LogP contribution < -0.4 is 10.5 Å². The molecular formula is C15H22BrN3O2. The first-order valence-electron chi connectivity index (χ1n) is 7.11. The molecule has 1 amide bonds. The molecule has 1 heterocycles. The Balaban J connectivity index is 1.95. The number of amides is 1. The van der Waals surface area contributed by atoms with Gasteiger partial charge in [0.15, 0.2) is 6.61 Å². The van der Waals surface area contributed by atoms with Crippen LogP contribution >= 0.6 is 15.9 Å². The Morgan fingerprint density at radius 2 is 2.05 bits per heavy atom. The van der Waals surface area contributed by atoms with Crippen LogP contribution in [0.5, 0.6) is 5.75 Å². The summed E-state index contributed by atoms with van der Waals surface area (Å²) in [6.07, 6.45) is 0. The second-order valence-corrected chi connectivity index (χ2v) is 6.36. The summed E-state index contributed by atoms with van der Waals surface area (Å²) in [6.45, 7) is 5.31. The molecule has 0 saturated carbocycles. The molecule has 1 aromatic rings. The van der Waals surface area contributed by atoms with Gasteiger partial charge in [-0.1, -0.05) is 15.9 Å². The molecule has 1 aromatic carbocycles. The van der Waals surface area contributed by atoms with Crippen molar-refractivity contribution in [3.05, 3.63) is 28.2 Å². The molecular weight excluding hydrogens is 334 g/mol. The maximum absolute atomic E-state index is 12.2. The summed E-state index contributed by atoms with van der Waals surface area (Å²) in [4.78, 5) is 16.2. The predicted molar refractivity (Wildman–Crippen MR) is 86.3 cm³/mol. The number of nitrogens with zero attached hydrogens (tertiary/aromatic N) is 2. The number of halogens is 1. The van der Waals surface area contributed by atoms with Gasteiger partial charge in [0.25, 0.3) is 5.91 Å². The van der Waals surface area contributed by atoms with Crippen LogP contribution in [0.25, 0.3) is 0 Å². The maximum atomic E-state index is 12.2. The van der Waals surface area contributed by atoms with E-state index >= 15 is 0 Å². The minimum atomic E-state index is -0.142. The number of piperazine rings is 1. The quantitative estimate of drug-likeness (QED) is 0.891. The van der Waals surface area contributed by atoms with E-state index in [4.69, 9.17) is 10.5 Å². The lowest BCUT2D eigenvalue weighted by Crippen LogP contribution is -2.48. The monoisotopic (exact) mass is 355 g/mol. The Labute approximate surface area is 134 Å². The molecule has 0 radical (unpaired) electrons. The third kappa shape index (κ3) is 4.43. The van der Waals surface area contributed by atoms with E-state index in [1.54, 1.807) is 0 Å². The lowest BCUT2D eigenvalue weighted by atomic mass is 10.1. The summed E-state index contributed by atoms with van der Waals surface area (Å²) in [6, 6.07) is 5.53. The molecule has 1 aliphatic heterocycles. The first kappa shape index (κ1) is 16.3. The number of benzene rings is 1. The van der Waals surface area contributed by atoms with Gasteiger partial charge in [-0.25, -0.2) is 0 Å². The van der Waals surface area contributed by atoms with Crippen molar-refractivity contribution in [3.8, 4) is 5.75 Å². The molecule has 1 atom stereocenters. The molecule has 116 valence electrons. The molecule has 1 fully saturated rings. The molecule has 1 aliphatic rings. The molecule has 0 bridgehead atoms. The number of hydrogen-bond donors (Lipinski definition) is 1. The van der Waals surface area contributed by atoms with Crippen molar-refractivity contribution in [2.45, 2.75) is 13.0 Å². The highest BCUT2D eigenvalue weighted by Crippen LogP contribution is 2.27. The van der Waals surface area contributed by atoms with Crippen LogP contribution in [0.4, 0.5) is 0 Å². The summed E-state index contributed by atoms with van der Waals surface area (Å²) in [5.74, 6) is 0.706. The van der Waals surface area contributed by atoms with Crippen molar-refractivity contribution in [1.82, 2.24) is 9.80 Å². The fraction of sp³-hybridized carbons (Fsp3) is 0.533. The number of likely N-dealkylation sites (N-methyl/N-ethyl adjacent to an activating group) is 1. The molecule has 1 saturated heterocycles. The van der Waals surface area contributed by atoms with Crippen molar-refractivity contribution in [2.75, 3.05) is 39.8 Å². The lowest BCUT2D eigenvalue weighted by molar-refractivity contribution is -0.134. The van der Waals surface area contributed by atoms with Gasteiger partial charge in [-0.3, -0.25) is 4.79 Å². The van der Waals surface area contributed by atoms with Crippen molar-refractivity contribution in [2.24, 2.45) is 5.73 Å². The lowest BCUT2D eigenvalue weighted by Gasteiger charge is -2.32. The van der Waals surface area contributed by atoms with Gasteiger partial charge in [0.2, 0.25) is 0 Å². The normalized spacial score (nSPS) is 17.6. The molecule has 2 rings (SSSR count). The molecule has 5 nitrogen and oxygen atoms in total. The van der Waals surface area contributed by atoms with Gasteiger partial charge in [-0.05, 0) is 32.2 Å². The minimum absolute atomic E-state index is 0.0293. The summed E-state index contributed by atoms with van der Waals surface area (Å²) < 4.78 is 6.64. The third-order valence-corrected chi connectivity index (χ3v) is 4.16. The molecule has 2 N–H and O–H groups in total. The summed E-state index contributed by atoms with van der Waals surface area (Å²) in [7, 11) is 2.06. The van der Waals surface area contributed by atoms with Crippen LogP contribution in [-0.4, -0.2) is 55.5 Å². The van der Waals surface area contributed by atoms with E-state index in [2.05, 4.69) is 27.9 Å². The number of hydrogen-bond acceptors (Lipinski definition) is 4. The zero-order chi connectivity index (χ0) is 15.4. The standard InChI is InChI=1S/C15H22BrN3O2/c1-11(17)13-9-12(16)3-4-14(13)21-10-15(20)19-7-5-18(2)6-8-19/h3-4,9,11H,5-8,10,17H2,1-2H3. The van der Waals surface area contributed by atoms with Crippen molar-refractivity contribution >= 4 is 21.8 Å². The molecule has 0 aliphatic carbocycles. The zero-order valence-corrected chi connectivity index (χ0v) is 14.1. The smallest absolute Gasteiger partial charge is 0.260 e. The van der Waals surface area contributed by atoms with E-state index in [-0.39, 0.29) is 18.6 Å². The highest BCUT2D eigenvalue weighted by Gasteiger charge is 2.20. The predicted octanol–water partition coefficient (Wildman–Crippen LogP) is 1.62. The van der Waals surface area contributed by atoms with Crippen LogP contribution in [-0.2, 0) is 4.79 Å². The highest BCUT2D eigenvalue weighted by atomic mass is 79.9. The van der Waals surface area contributed by atoms with E-state index in [1.807, 2.05) is 30.0 Å². The van der Waals surface area contributed by atoms with E-state index in [1.165, 1.54) is 0 Å². The topological polar surface area (TPSA) is 58.8 Å². The molecule has 0 spiro atoms. The summed E-state index contributed by atoms with van der Waals surface area (Å²) in [5, 5.41) is 0. The number of carbonyl (C=O) groups excluding carboxylic acids is 1. The van der Waals surface area contributed by atoms with Gasteiger partial charge >= 0.3 is 0 Å². The zero-order valence-electron chi connectivity index (χ0n) is 12.5. The summed E-state index contributed by atoms with van der Waals surface area (Å²) >= 11 is 3.42. The van der Waals surface area contributed by atoms with Crippen LogP contribution in [0.3, 0.4) is 0 Å². The maximum Gasteiger partial charge on any atom is 0.260 e. The van der Waals surface area contributed by atoms with E-state index in [0.29, 0.717) is 5.75 Å². The Morgan fingerprint density at radius 3 is 2.67 bits per heavy atom. The Bertz CT molecular complexity index is 500. The molecule has 6 heteroatoms. The average molecular weight is 356 g/mol. The first-order chi connectivity index (χ1) is 9.97.